The van der Waals surface area contributed by atoms with E-state index < -0.39 is 0 Å². The maximum Gasteiger partial charge on any atom is 0.0237 e. The molecule has 0 spiro atoms. The van der Waals surface area contributed by atoms with Crippen LogP contribution in [-0.2, 0) is 6.54 Å². The normalized spacial score (nSPS) is 18.1. The third-order valence-electron chi connectivity index (χ3n) is 3.80. The highest BCUT2D eigenvalue weighted by Gasteiger charge is 2.16. The fourth-order valence-electron chi connectivity index (χ4n) is 2.51. The molecular weight excluding hydrogens is 222 g/mol. The highest BCUT2D eigenvalue weighted by Crippen LogP contribution is 2.12. The lowest BCUT2D eigenvalue weighted by molar-refractivity contribution is 0.126. The van der Waals surface area contributed by atoms with Crippen molar-refractivity contribution in [2.45, 2.75) is 19.9 Å². The first-order valence-corrected chi connectivity index (χ1v) is 6.99. The first-order chi connectivity index (χ1) is 8.79. The molecule has 0 aromatic heterocycles. The summed E-state index contributed by atoms with van der Waals surface area (Å²) in [4.78, 5) is 5.09. The molecule has 0 amide bonds. The van der Waals surface area contributed by atoms with Crippen LogP contribution in [0.2, 0.25) is 0 Å². The molecule has 3 nitrogen and oxygen atoms in total. The minimum absolute atomic E-state index is 0.809. The van der Waals surface area contributed by atoms with E-state index in [2.05, 4.69) is 41.0 Å². The van der Waals surface area contributed by atoms with Crippen LogP contribution in [0.3, 0.4) is 0 Å². The molecule has 0 atom stereocenters. The Labute approximate surface area is 111 Å². The van der Waals surface area contributed by atoms with E-state index in [-0.39, 0.29) is 0 Å². The van der Waals surface area contributed by atoms with Crippen LogP contribution >= 0.6 is 0 Å². The maximum atomic E-state index is 5.55. The molecule has 1 aliphatic heterocycles. The highest BCUT2D eigenvalue weighted by atomic mass is 15.3. The number of hydrogen-bond acceptors (Lipinski definition) is 3. The molecular formula is C15H25N3. The van der Waals surface area contributed by atoms with Gasteiger partial charge in [0.2, 0.25) is 0 Å². The van der Waals surface area contributed by atoms with E-state index in [0.717, 1.165) is 26.1 Å². The van der Waals surface area contributed by atoms with E-state index in [1.807, 2.05) is 0 Å². The molecule has 0 unspecified atom stereocenters. The zero-order valence-electron chi connectivity index (χ0n) is 11.4. The van der Waals surface area contributed by atoms with Crippen molar-refractivity contribution in [1.29, 1.82) is 0 Å². The molecule has 0 bridgehead atoms. The summed E-state index contributed by atoms with van der Waals surface area (Å²) in [6.07, 6.45) is 1.12. The van der Waals surface area contributed by atoms with Crippen LogP contribution in [0.25, 0.3) is 0 Å². The van der Waals surface area contributed by atoms with Gasteiger partial charge in [-0.15, -0.1) is 0 Å². The Kier molecular flexibility index (Phi) is 5.17. The van der Waals surface area contributed by atoms with Gasteiger partial charge in [-0.1, -0.05) is 24.3 Å². The number of piperazine rings is 1. The van der Waals surface area contributed by atoms with Crippen LogP contribution in [0.15, 0.2) is 24.3 Å². The molecule has 2 rings (SSSR count). The number of benzene rings is 1. The topological polar surface area (TPSA) is 32.5 Å². The van der Waals surface area contributed by atoms with Crippen molar-refractivity contribution in [3.8, 4) is 0 Å². The van der Waals surface area contributed by atoms with Gasteiger partial charge in [0.25, 0.3) is 0 Å². The van der Waals surface area contributed by atoms with Gasteiger partial charge in [0, 0.05) is 32.7 Å². The SMILES string of the molecule is Cc1ccccc1CN1CCN(CCCN)CC1. The first-order valence-electron chi connectivity index (χ1n) is 6.99. The van der Waals surface area contributed by atoms with Gasteiger partial charge in [0.05, 0.1) is 0 Å². The van der Waals surface area contributed by atoms with Gasteiger partial charge < -0.3 is 10.6 Å². The molecule has 100 valence electrons. The summed E-state index contributed by atoms with van der Waals surface area (Å²) < 4.78 is 0. The zero-order valence-corrected chi connectivity index (χ0v) is 11.4. The number of rotatable bonds is 5. The monoisotopic (exact) mass is 247 g/mol. The predicted molar refractivity (Wildman–Crippen MR) is 76.6 cm³/mol. The van der Waals surface area contributed by atoms with Crippen molar-refractivity contribution in [3.63, 3.8) is 0 Å². The molecule has 1 fully saturated rings. The summed E-state index contributed by atoms with van der Waals surface area (Å²) in [7, 11) is 0. The second kappa shape index (κ2) is 6.88. The summed E-state index contributed by atoms with van der Waals surface area (Å²) in [6.45, 7) is 10.00. The van der Waals surface area contributed by atoms with Crippen LogP contribution in [0.5, 0.6) is 0 Å². The number of hydrogen-bond donors (Lipinski definition) is 1. The van der Waals surface area contributed by atoms with E-state index in [9.17, 15) is 0 Å². The van der Waals surface area contributed by atoms with Gasteiger partial charge in [-0.2, -0.15) is 0 Å². The molecule has 1 heterocycles. The third kappa shape index (κ3) is 3.80. The van der Waals surface area contributed by atoms with Crippen molar-refractivity contribution < 1.29 is 0 Å². The van der Waals surface area contributed by atoms with Crippen LogP contribution in [-0.4, -0.2) is 49.1 Å². The van der Waals surface area contributed by atoms with E-state index in [0.29, 0.717) is 0 Å². The average Bonchev–Trinajstić information content (AvgIpc) is 2.41. The van der Waals surface area contributed by atoms with Crippen LogP contribution in [0.1, 0.15) is 17.5 Å². The molecule has 1 aromatic rings. The largest absolute Gasteiger partial charge is 0.330 e. The zero-order chi connectivity index (χ0) is 12.8. The van der Waals surface area contributed by atoms with Crippen molar-refractivity contribution in [1.82, 2.24) is 9.80 Å². The summed E-state index contributed by atoms with van der Waals surface area (Å²) in [5.74, 6) is 0. The molecule has 0 saturated carbocycles. The lowest BCUT2D eigenvalue weighted by Gasteiger charge is -2.34. The molecule has 0 aliphatic carbocycles. The van der Waals surface area contributed by atoms with Crippen LogP contribution in [0, 0.1) is 6.92 Å². The standard InChI is InChI=1S/C15H25N3/c1-14-5-2-3-6-15(14)13-18-11-9-17(10-12-18)8-4-7-16/h2-3,5-6H,4,7-13,16H2,1H3. The van der Waals surface area contributed by atoms with Gasteiger partial charge in [-0.05, 0) is 37.6 Å². The lowest BCUT2D eigenvalue weighted by Crippen LogP contribution is -2.46. The summed E-state index contributed by atoms with van der Waals surface area (Å²) >= 11 is 0. The number of nitrogens with zero attached hydrogens (tertiary/aromatic N) is 2. The molecule has 1 saturated heterocycles. The van der Waals surface area contributed by atoms with Gasteiger partial charge in [-0.3, -0.25) is 4.90 Å². The predicted octanol–water partition coefficient (Wildman–Crippen LogP) is 1.46. The first kappa shape index (κ1) is 13.5. The Morgan fingerprint density at radius 2 is 1.72 bits per heavy atom. The van der Waals surface area contributed by atoms with E-state index in [1.165, 1.54) is 37.3 Å². The van der Waals surface area contributed by atoms with Crippen molar-refractivity contribution in [2.75, 3.05) is 39.3 Å². The molecule has 3 heteroatoms. The fourth-order valence-corrected chi connectivity index (χ4v) is 2.51. The van der Waals surface area contributed by atoms with Gasteiger partial charge >= 0.3 is 0 Å². The van der Waals surface area contributed by atoms with Crippen LogP contribution in [0.4, 0.5) is 0 Å². The Hall–Kier alpha value is -0.900. The van der Waals surface area contributed by atoms with Crippen LogP contribution < -0.4 is 5.73 Å². The molecule has 0 radical (unpaired) electrons. The molecule has 1 aliphatic rings. The van der Waals surface area contributed by atoms with Gasteiger partial charge in [0.15, 0.2) is 0 Å². The van der Waals surface area contributed by atoms with E-state index in [4.69, 9.17) is 5.73 Å². The Bertz CT molecular complexity index is 357. The Morgan fingerprint density at radius 3 is 2.39 bits per heavy atom. The summed E-state index contributed by atoms with van der Waals surface area (Å²) in [6, 6.07) is 8.70. The second-order valence-corrected chi connectivity index (χ2v) is 5.19. The summed E-state index contributed by atoms with van der Waals surface area (Å²) in [5.41, 5.74) is 8.43. The second-order valence-electron chi connectivity index (χ2n) is 5.19. The Morgan fingerprint density at radius 1 is 1.06 bits per heavy atom. The number of aryl methyl sites for hydroxylation is 1. The van der Waals surface area contributed by atoms with Crippen molar-refractivity contribution in [2.24, 2.45) is 5.73 Å². The van der Waals surface area contributed by atoms with E-state index >= 15 is 0 Å². The fraction of sp³-hybridized carbons (Fsp3) is 0.600. The molecule has 2 N–H and O–H groups in total. The highest BCUT2D eigenvalue weighted by molar-refractivity contribution is 5.25. The Balaban J connectivity index is 1.78. The quantitative estimate of drug-likeness (QED) is 0.855. The summed E-state index contributed by atoms with van der Waals surface area (Å²) in [5, 5.41) is 0. The smallest absolute Gasteiger partial charge is 0.0237 e. The minimum Gasteiger partial charge on any atom is -0.330 e. The van der Waals surface area contributed by atoms with Gasteiger partial charge in [0.1, 0.15) is 0 Å². The average molecular weight is 247 g/mol. The van der Waals surface area contributed by atoms with Gasteiger partial charge in [-0.25, -0.2) is 0 Å². The van der Waals surface area contributed by atoms with E-state index in [1.54, 1.807) is 0 Å². The van der Waals surface area contributed by atoms with Crippen molar-refractivity contribution in [3.05, 3.63) is 35.4 Å². The number of nitrogens with two attached hydrogens (primary N) is 1. The maximum absolute atomic E-state index is 5.55. The lowest BCUT2D eigenvalue weighted by atomic mass is 10.1. The minimum atomic E-state index is 0.809. The molecule has 18 heavy (non-hydrogen) atoms. The van der Waals surface area contributed by atoms with Crippen molar-refractivity contribution >= 4 is 0 Å². The molecule has 1 aromatic carbocycles. The third-order valence-corrected chi connectivity index (χ3v) is 3.80.